The van der Waals surface area contributed by atoms with Gasteiger partial charge in [-0.1, -0.05) is 12.1 Å². The zero-order valence-corrected chi connectivity index (χ0v) is 18.5. The van der Waals surface area contributed by atoms with Crippen molar-refractivity contribution in [3.8, 4) is 11.5 Å². The van der Waals surface area contributed by atoms with Crippen LogP contribution in [0.2, 0.25) is 0 Å². The highest BCUT2D eigenvalue weighted by Gasteiger charge is 2.46. The molecule has 0 radical (unpaired) electrons. The Balaban J connectivity index is 1.81. The molecule has 2 aliphatic heterocycles. The second-order valence-electron chi connectivity index (χ2n) is 8.07. The predicted molar refractivity (Wildman–Crippen MR) is 119 cm³/mol. The first-order valence-electron chi connectivity index (χ1n) is 10.7. The molecule has 1 N–H and O–H groups in total. The molecule has 7 heteroatoms. The number of ketones is 1. The Morgan fingerprint density at radius 3 is 2.75 bits per heavy atom. The van der Waals surface area contributed by atoms with E-state index < -0.39 is 17.7 Å². The number of Topliss-reactive ketones (excluding diaryl/α,β-unsaturated/α-hetero) is 1. The van der Waals surface area contributed by atoms with Gasteiger partial charge in [0.05, 0.1) is 18.7 Å². The smallest absolute Gasteiger partial charge is 0.295 e. The maximum absolute atomic E-state index is 13.1. The van der Waals surface area contributed by atoms with Gasteiger partial charge in [-0.25, -0.2) is 0 Å². The molecule has 2 aromatic carbocycles. The van der Waals surface area contributed by atoms with Gasteiger partial charge in [0.2, 0.25) is 0 Å². The van der Waals surface area contributed by atoms with Crippen molar-refractivity contribution in [1.29, 1.82) is 0 Å². The fraction of sp³-hybridized carbons (Fsp3) is 0.360. The molecular weight excluding hydrogens is 410 g/mol. The molecule has 0 bridgehead atoms. The molecule has 2 aliphatic rings. The third-order valence-corrected chi connectivity index (χ3v) is 5.87. The van der Waals surface area contributed by atoms with Crippen molar-refractivity contribution in [3.05, 3.63) is 64.7 Å². The van der Waals surface area contributed by atoms with E-state index in [0.29, 0.717) is 36.4 Å². The van der Waals surface area contributed by atoms with Crippen LogP contribution < -0.4 is 9.47 Å². The van der Waals surface area contributed by atoms with Crippen LogP contribution in [0.4, 0.5) is 0 Å². The Morgan fingerprint density at radius 1 is 1.19 bits per heavy atom. The molecule has 0 unspecified atom stereocenters. The summed E-state index contributed by atoms with van der Waals surface area (Å²) in [6, 6.07) is 11.8. The van der Waals surface area contributed by atoms with Gasteiger partial charge in [0, 0.05) is 32.2 Å². The van der Waals surface area contributed by atoms with Crippen molar-refractivity contribution >= 4 is 17.4 Å². The minimum absolute atomic E-state index is 0.0607. The lowest BCUT2D eigenvalue weighted by atomic mass is 9.94. The van der Waals surface area contributed by atoms with Crippen molar-refractivity contribution < 1.29 is 28.9 Å². The summed E-state index contributed by atoms with van der Waals surface area (Å²) < 4.78 is 16.2. The fourth-order valence-corrected chi connectivity index (χ4v) is 4.37. The van der Waals surface area contributed by atoms with Crippen LogP contribution in [0.1, 0.15) is 36.1 Å². The molecule has 0 aromatic heterocycles. The Bertz CT molecular complexity index is 1080. The maximum atomic E-state index is 13.1. The average Bonchev–Trinajstić information content (AvgIpc) is 3.29. The normalized spacial score (nSPS) is 21.5. The number of rotatable bonds is 7. The summed E-state index contributed by atoms with van der Waals surface area (Å²) in [5.41, 5.74) is 2.23. The number of benzene rings is 2. The molecule has 2 heterocycles. The van der Waals surface area contributed by atoms with E-state index in [0.717, 1.165) is 17.7 Å². The van der Waals surface area contributed by atoms with Crippen LogP contribution in [0.3, 0.4) is 0 Å². The molecule has 4 rings (SSSR count). The molecule has 168 valence electrons. The highest BCUT2D eigenvalue weighted by molar-refractivity contribution is 6.46. The molecule has 2 atom stereocenters. The number of fused-ring (bicyclic) bond motifs is 1. The van der Waals surface area contributed by atoms with Gasteiger partial charge in [0.1, 0.15) is 23.4 Å². The molecule has 1 amide bonds. The number of carbonyl (C=O) groups excluding carboxylic acids is 2. The summed E-state index contributed by atoms with van der Waals surface area (Å²) in [7, 11) is 3.15. The van der Waals surface area contributed by atoms with Crippen LogP contribution in [0, 0.1) is 0 Å². The monoisotopic (exact) mass is 437 g/mol. The molecule has 32 heavy (non-hydrogen) atoms. The van der Waals surface area contributed by atoms with Gasteiger partial charge < -0.3 is 24.2 Å². The standard InChI is InChI=1S/C25H27NO6/c1-15-12-18-13-17(8-9-20(18)32-15)23(27)21-22(16-6-4-7-19(14-16)31-3)26(10-5-11-30-2)25(29)24(21)28/h4,6-9,13-15,22,27H,5,10-12H2,1-3H3/t15-,22-/m1/s1. The van der Waals surface area contributed by atoms with E-state index in [1.54, 1.807) is 44.6 Å². The Hall–Kier alpha value is -3.32. The number of carbonyl (C=O) groups is 2. The van der Waals surface area contributed by atoms with Gasteiger partial charge in [0.25, 0.3) is 11.7 Å². The van der Waals surface area contributed by atoms with E-state index in [2.05, 4.69) is 0 Å². The molecule has 0 spiro atoms. The average molecular weight is 437 g/mol. The quantitative estimate of drug-likeness (QED) is 0.309. The summed E-state index contributed by atoms with van der Waals surface area (Å²) in [4.78, 5) is 27.5. The van der Waals surface area contributed by atoms with E-state index in [-0.39, 0.29) is 17.4 Å². The van der Waals surface area contributed by atoms with E-state index in [1.807, 2.05) is 19.1 Å². The first-order chi connectivity index (χ1) is 15.4. The zero-order valence-electron chi connectivity index (χ0n) is 18.5. The Kier molecular flexibility index (Phi) is 6.19. The number of nitrogens with zero attached hydrogens (tertiary/aromatic N) is 1. The molecule has 2 aromatic rings. The third-order valence-electron chi connectivity index (χ3n) is 5.87. The minimum Gasteiger partial charge on any atom is -0.507 e. The summed E-state index contributed by atoms with van der Waals surface area (Å²) in [5.74, 6) is -0.133. The maximum Gasteiger partial charge on any atom is 0.295 e. The van der Waals surface area contributed by atoms with Crippen molar-refractivity contribution in [2.45, 2.75) is 31.9 Å². The first-order valence-corrected chi connectivity index (χ1v) is 10.7. The molecule has 0 saturated carbocycles. The highest BCUT2D eigenvalue weighted by atomic mass is 16.5. The van der Waals surface area contributed by atoms with Gasteiger partial charge in [-0.05, 0) is 54.8 Å². The molecule has 0 aliphatic carbocycles. The van der Waals surface area contributed by atoms with Crippen LogP contribution in [-0.2, 0) is 20.7 Å². The van der Waals surface area contributed by atoms with E-state index in [1.165, 1.54) is 4.90 Å². The van der Waals surface area contributed by atoms with Crippen molar-refractivity contribution in [2.24, 2.45) is 0 Å². The second-order valence-corrected chi connectivity index (χ2v) is 8.07. The highest BCUT2D eigenvalue weighted by Crippen LogP contribution is 2.41. The summed E-state index contributed by atoms with van der Waals surface area (Å²) in [6.07, 6.45) is 1.35. The summed E-state index contributed by atoms with van der Waals surface area (Å²) >= 11 is 0. The Morgan fingerprint density at radius 2 is 2.00 bits per heavy atom. The van der Waals surface area contributed by atoms with Gasteiger partial charge in [-0.3, -0.25) is 9.59 Å². The van der Waals surface area contributed by atoms with Crippen molar-refractivity contribution in [3.63, 3.8) is 0 Å². The minimum atomic E-state index is -0.717. The van der Waals surface area contributed by atoms with E-state index in [9.17, 15) is 14.7 Å². The van der Waals surface area contributed by atoms with Crippen LogP contribution in [0.25, 0.3) is 5.76 Å². The van der Waals surface area contributed by atoms with Crippen LogP contribution in [0.15, 0.2) is 48.0 Å². The number of hydrogen-bond donors (Lipinski definition) is 1. The first kappa shape index (κ1) is 21.9. The van der Waals surface area contributed by atoms with Gasteiger partial charge in [0.15, 0.2) is 0 Å². The van der Waals surface area contributed by atoms with Crippen molar-refractivity contribution in [1.82, 2.24) is 4.90 Å². The Labute approximate surface area is 187 Å². The largest absolute Gasteiger partial charge is 0.507 e. The number of aliphatic hydroxyl groups is 1. The topological polar surface area (TPSA) is 85.3 Å². The number of methoxy groups -OCH3 is 2. The SMILES string of the molecule is COCCCN1C(=O)C(=O)C(=C(O)c2ccc3c(c2)C[C@@H](C)O3)[C@H]1c1cccc(OC)c1. The number of aliphatic hydroxyl groups excluding tert-OH is 1. The van der Waals surface area contributed by atoms with Crippen LogP contribution >= 0.6 is 0 Å². The van der Waals surface area contributed by atoms with E-state index in [4.69, 9.17) is 14.2 Å². The van der Waals surface area contributed by atoms with E-state index >= 15 is 0 Å². The lowest BCUT2D eigenvalue weighted by molar-refractivity contribution is -0.140. The van der Waals surface area contributed by atoms with Crippen LogP contribution in [-0.4, -0.2) is 55.2 Å². The summed E-state index contributed by atoms with van der Waals surface area (Å²) in [5, 5.41) is 11.2. The fourth-order valence-electron chi connectivity index (χ4n) is 4.37. The molecular formula is C25H27NO6. The lowest BCUT2D eigenvalue weighted by Crippen LogP contribution is -2.31. The van der Waals surface area contributed by atoms with Crippen molar-refractivity contribution in [2.75, 3.05) is 27.4 Å². The molecule has 7 nitrogen and oxygen atoms in total. The molecule has 1 fully saturated rings. The number of hydrogen-bond acceptors (Lipinski definition) is 6. The second kappa shape index (κ2) is 9.04. The summed E-state index contributed by atoms with van der Waals surface area (Å²) in [6.45, 7) is 2.76. The van der Waals surface area contributed by atoms with Crippen LogP contribution in [0.5, 0.6) is 11.5 Å². The lowest BCUT2D eigenvalue weighted by Gasteiger charge is -2.25. The number of likely N-dealkylation sites (tertiary alicyclic amines) is 1. The van der Waals surface area contributed by atoms with Gasteiger partial charge in [-0.2, -0.15) is 0 Å². The molecule has 1 saturated heterocycles. The third kappa shape index (κ3) is 3.96. The van der Waals surface area contributed by atoms with Gasteiger partial charge in [-0.15, -0.1) is 0 Å². The van der Waals surface area contributed by atoms with Gasteiger partial charge >= 0.3 is 0 Å². The number of amides is 1. The number of ether oxygens (including phenoxy) is 3. The zero-order chi connectivity index (χ0) is 22.8. The predicted octanol–water partition coefficient (Wildman–Crippen LogP) is 3.48.